The van der Waals surface area contributed by atoms with Crippen molar-refractivity contribution in [2.45, 2.75) is 58.1 Å². The van der Waals surface area contributed by atoms with Crippen molar-refractivity contribution in [1.29, 1.82) is 0 Å². The fourth-order valence-corrected chi connectivity index (χ4v) is 3.38. The summed E-state index contributed by atoms with van der Waals surface area (Å²) in [6.45, 7) is 6.94. The summed E-state index contributed by atoms with van der Waals surface area (Å²) in [6.07, 6.45) is 7.96. The van der Waals surface area contributed by atoms with Crippen LogP contribution in [-0.2, 0) is 4.74 Å². The Morgan fingerprint density at radius 3 is 2.62 bits per heavy atom. The minimum atomic E-state index is 0.0566. The van der Waals surface area contributed by atoms with Gasteiger partial charge in [0.05, 0.1) is 6.61 Å². The molecule has 0 radical (unpaired) electrons. The molecule has 2 nitrogen and oxygen atoms in total. The summed E-state index contributed by atoms with van der Waals surface area (Å²) >= 11 is 0. The molecule has 16 heavy (non-hydrogen) atoms. The van der Waals surface area contributed by atoms with Crippen LogP contribution >= 0.6 is 0 Å². The predicted octanol–water partition coefficient (Wildman–Crippen LogP) is 2.93. The van der Waals surface area contributed by atoms with E-state index in [-0.39, 0.29) is 5.72 Å². The average molecular weight is 223 g/mol. The Hall–Kier alpha value is -0.0800. The molecule has 3 fully saturated rings. The molecule has 92 valence electrons. The number of hydrogen-bond donors (Lipinski definition) is 1. The SMILES string of the molecule is CC(C)C1CCCC2(C1)NCC1(CC1)CO2. The largest absolute Gasteiger partial charge is 0.360 e. The van der Waals surface area contributed by atoms with Gasteiger partial charge in [-0.15, -0.1) is 0 Å². The van der Waals surface area contributed by atoms with Crippen molar-refractivity contribution in [3.05, 3.63) is 0 Å². The smallest absolute Gasteiger partial charge is 0.119 e. The quantitative estimate of drug-likeness (QED) is 0.738. The van der Waals surface area contributed by atoms with Crippen molar-refractivity contribution in [3.63, 3.8) is 0 Å². The second-order valence-corrected chi connectivity index (χ2v) is 6.74. The van der Waals surface area contributed by atoms with Crippen molar-refractivity contribution in [3.8, 4) is 0 Å². The molecule has 2 saturated carbocycles. The van der Waals surface area contributed by atoms with E-state index in [9.17, 15) is 0 Å². The van der Waals surface area contributed by atoms with Crippen LogP contribution in [0.15, 0.2) is 0 Å². The van der Waals surface area contributed by atoms with E-state index in [0.717, 1.165) is 18.4 Å². The van der Waals surface area contributed by atoms with Gasteiger partial charge < -0.3 is 4.74 Å². The fourth-order valence-electron chi connectivity index (χ4n) is 3.38. The topological polar surface area (TPSA) is 21.3 Å². The van der Waals surface area contributed by atoms with Gasteiger partial charge in [-0.1, -0.05) is 13.8 Å². The molecule has 2 unspecified atom stereocenters. The summed E-state index contributed by atoms with van der Waals surface area (Å²) in [7, 11) is 0. The molecule has 2 heteroatoms. The molecule has 1 aliphatic heterocycles. The summed E-state index contributed by atoms with van der Waals surface area (Å²) in [4.78, 5) is 0. The third-order valence-corrected chi connectivity index (χ3v) is 5.09. The predicted molar refractivity (Wildman–Crippen MR) is 65.1 cm³/mol. The van der Waals surface area contributed by atoms with E-state index >= 15 is 0 Å². The molecule has 3 rings (SSSR count). The van der Waals surface area contributed by atoms with Gasteiger partial charge >= 0.3 is 0 Å². The van der Waals surface area contributed by atoms with Gasteiger partial charge in [0.25, 0.3) is 0 Å². The number of nitrogens with one attached hydrogen (secondary N) is 1. The van der Waals surface area contributed by atoms with Gasteiger partial charge in [-0.2, -0.15) is 0 Å². The minimum Gasteiger partial charge on any atom is -0.360 e. The zero-order chi connectivity index (χ0) is 11.2. The highest BCUT2D eigenvalue weighted by molar-refractivity contribution is 5.01. The maximum Gasteiger partial charge on any atom is 0.119 e. The lowest BCUT2D eigenvalue weighted by Crippen LogP contribution is -2.58. The fraction of sp³-hybridized carbons (Fsp3) is 1.00. The summed E-state index contributed by atoms with van der Waals surface area (Å²) in [5, 5.41) is 3.75. The van der Waals surface area contributed by atoms with Crippen LogP contribution in [0.5, 0.6) is 0 Å². The van der Waals surface area contributed by atoms with Crippen LogP contribution < -0.4 is 5.32 Å². The highest BCUT2D eigenvalue weighted by Gasteiger charge is 2.51. The first-order valence-corrected chi connectivity index (χ1v) is 7.02. The van der Waals surface area contributed by atoms with Crippen LogP contribution in [0, 0.1) is 17.3 Å². The molecule has 1 saturated heterocycles. The van der Waals surface area contributed by atoms with Crippen LogP contribution in [-0.4, -0.2) is 18.9 Å². The van der Waals surface area contributed by atoms with Crippen molar-refractivity contribution in [2.75, 3.05) is 13.2 Å². The van der Waals surface area contributed by atoms with Crippen LogP contribution in [0.1, 0.15) is 52.4 Å². The number of rotatable bonds is 1. The molecule has 3 aliphatic rings. The zero-order valence-electron chi connectivity index (χ0n) is 10.7. The van der Waals surface area contributed by atoms with E-state index < -0.39 is 0 Å². The van der Waals surface area contributed by atoms with E-state index in [0.29, 0.717) is 5.41 Å². The monoisotopic (exact) mass is 223 g/mol. The Labute approximate surface area is 99.1 Å². The first-order valence-electron chi connectivity index (χ1n) is 7.02. The van der Waals surface area contributed by atoms with Crippen molar-refractivity contribution >= 4 is 0 Å². The van der Waals surface area contributed by atoms with Gasteiger partial charge in [-0.3, -0.25) is 5.32 Å². The summed E-state index contributed by atoms with van der Waals surface area (Å²) in [5.41, 5.74) is 0.608. The highest BCUT2D eigenvalue weighted by atomic mass is 16.5. The van der Waals surface area contributed by atoms with E-state index in [2.05, 4.69) is 19.2 Å². The Morgan fingerprint density at radius 2 is 2.06 bits per heavy atom. The first-order chi connectivity index (χ1) is 7.63. The molecule has 0 bridgehead atoms. The van der Waals surface area contributed by atoms with Crippen molar-refractivity contribution < 1.29 is 4.74 Å². The lowest BCUT2D eigenvalue weighted by Gasteiger charge is -2.47. The first kappa shape index (κ1) is 11.0. The molecular weight excluding hydrogens is 198 g/mol. The standard InChI is InChI=1S/C14H25NO/c1-11(2)12-4-3-5-14(8-12)15-9-13(6-7-13)10-16-14/h11-12,15H,3-10H2,1-2H3. The van der Waals surface area contributed by atoms with Gasteiger partial charge in [0.15, 0.2) is 0 Å². The molecule has 2 spiro atoms. The average Bonchev–Trinajstić information content (AvgIpc) is 3.04. The van der Waals surface area contributed by atoms with Gasteiger partial charge in [-0.25, -0.2) is 0 Å². The van der Waals surface area contributed by atoms with E-state index in [4.69, 9.17) is 4.74 Å². The number of hydrogen-bond acceptors (Lipinski definition) is 2. The molecule has 2 atom stereocenters. The molecule has 1 N–H and O–H groups in total. The van der Waals surface area contributed by atoms with Gasteiger partial charge in [0.1, 0.15) is 5.72 Å². The Bertz CT molecular complexity index is 260. The Kier molecular flexibility index (Phi) is 2.56. The lowest BCUT2D eigenvalue weighted by molar-refractivity contribution is -0.153. The summed E-state index contributed by atoms with van der Waals surface area (Å²) in [5.74, 6) is 1.66. The molecule has 0 amide bonds. The van der Waals surface area contributed by atoms with Crippen LogP contribution in [0.4, 0.5) is 0 Å². The molecule has 0 aromatic carbocycles. The summed E-state index contributed by atoms with van der Waals surface area (Å²) < 4.78 is 6.25. The second kappa shape index (κ2) is 3.71. The maximum atomic E-state index is 6.25. The highest BCUT2D eigenvalue weighted by Crippen LogP contribution is 2.50. The Balaban J connectivity index is 1.64. The second-order valence-electron chi connectivity index (χ2n) is 6.74. The molecule has 0 aromatic heterocycles. The van der Waals surface area contributed by atoms with Gasteiger partial charge in [-0.05, 0) is 50.4 Å². The maximum absolute atomic E-state index is 6.25. The van der Waals surface area contributed by atoms with Crippen LogP contribution in [0.2, 0.25) is 0 Å². The van der Waals surface area contributed by atoms with E-state index in [1.807, 2.05) is 0 Å². The number of ether oxygens (including phenoxy) is 1. The molecule has 2 aliphatic carbocycles. The lowest BCUT2D eigenvalue weighted by atomic mass is 9.76. The van der Waals surface area contributed by atoms with Crippen molar-refractivity contribution in [1.82, 2.24) is 5.32 Å². The minimum absolute atomic E-state index is 0.0566. The third-order valence-electron chi connectivity index (χ3n) is 5.09. The third kappa shape index (κ3) is 1.91. The zero-order valence-corrected chi connectivity index (χ0v) is 10.7. The summed E-state index contributed by atoms with van der Waals surface area (Å²) in [6, 6.07) is 0. The van der Waals surface area contributed by atoms with Gasteiger partial charge in [0, 0.05) is 12.0 Å². The van der Waals surface area contributed by atoms with Crippen LogP contribution in [0.3, 0.4) is 0 Å². The van der Waals surface area contributed by atoms with E-state index in [1.54, 1.807) is 0 Å². The molecular formula is C14H25NO. The molecule has 0 aromatic rings. The van der Waals surface area contributed by atoms with Crippen LogP contribution in [0.25, 0.3) is 0 Å². The van der Waals surface area contributed by atoms with Crippen molar-refractivity contribution in [2.24, 2.45) is 17.3 Å². The normalized spacial score (nSPS) is 41.8. The van der Waals surface area contributed by atoms with Gasteiger partial charge in [0.2, 0.25) is 0 Å². The molecule has 1 heterocycles. The Morgan fingerprint density at radius 1 is 1.25 bits per heavy atom. The van der Waals surface area contributed by atoms with E-state index in [1.165, 1.54) is 45.1 Å².